The number of aromatic nitrogens is 4. The Morgan fingerprint density at radius 2 is 1.83 bits per heavy atom. The summed E-state index contributed by atoms with van der Waals surface area (Å²) >= 11 is 0. The summed E-state index contributed by atoms with van der Waals surface area (Å²) in [5.41, 5.74) is 18.3. The number of rotatable bonds is 13. The summed E-state index contributed by atoms with van der Waals surface area (Å²) in [7, 11) is 3.83. The van der Waals surface area contributed by atoms with Crippen LogP contribution in [-0.4, -0.2) is 87.0 Å². The molecule has 15 nitrogen and oxygen atoms in total. The number of anilines is 2. The summed E-state index contributed by atoms with van der Waals surface area (Å²) in [6, 6.07) is 7.95. The molecule has 0 spiro atoms. The Hall–Kier alpha value is -5.44. The third-order valence-corrected chi connectivity index (χ3v) is 10.3. The van der Waals surface area contributed by atoms with Crippen LogP contribution in [0.4, 0.5) is 11.4 Å². The summed E-state index contributed by atoms with van der Waals surface area (Å²) in [6.45, 7) is 6.81. The number of hydrogen-bond donors (Lipinski definition) is 5. The number of allylic oxidation sites excluding steroid dienone is 1. The van der Waals surface area contributed by atoms with E-state index in [1.807, 2.05) is 25.3 Å². The number of nitrogens with zero attached hydrogens (tertiary/aromatic N) is 7. The van der Waals surface area contributed by atoms with Crippen LogP contribution < -0.4 is 32.3 Å². The topological polar surface area (TPSA) is 193 Å². The van der Waals surface area contributed by atoms with Gasteiger partial charge in [0, 0.05) is 69.1 Å². The molecule has 52 heavy (non-hydrogen) atoms. The molecular formula is C37H48N12O3. The zero-order valence-corrected chi connectivity index (χ0v) is 30.2. The van der Waals surface area contributed by atoms with Crippen molar-refractivity contribution in [3.63, 3.8) is 0 Å². The molecule has 1 aromatic carbocycles. The highest BCUT2D eigenvalue weighted by Gasteiger charge is 2.38. The molecule has 2 aliphatic carbocycles. The normalized spacial score (nSPS) is 19.2. The van der Waals surface area contributed by atoms with Gasteiger partial charge in [0.25, 0.3) is 11.8 Å². The molecule has 7 rings (SSSR count). The Morgan fingerprint density at radius 1 is 1.06 bits per heavy atom. The van der Waals surface area contributed by atoms with Crippen molar-refractivity contribution in [2.75, 3.05) is 43.9 Å². The lowest BCUT2D eigenvalue weighted by Crippen LogP contribution is -2.48. The van der Waals surface area contributed by atoms with Crippen molar-refractivity contribution in [3.8, 4) is 11.1 Å². The molecule has 3 amide bonds. The molecule has 3 fully saturated rings. The molecule has 4 aliphatic rings. The van der Waals surface area contributed by atoms with E-state index in [1.54, 1.807) is 24.2 Å². The van der Waals surface area contributed by atoms with Crippen molar-refractivity contribution >= 4 is 29.1 Å². The largest absolute Gasteiger partial charge is 0.393 e. The van der Waals surface area contributed by atoms with Gasteiger partial charge in [-0.1, -0.05) is 19.1 Å². The van der Waals surface area contributed by atoms with E-state index in [2.05, 4.69) is 60.4 Å². The van der Waals surface area contributed by atoms with Crippen molar-refractivity contribution in [1.82, 2.24) is 40.2 Å². The summed E-state index contributed by atoms with van der Waals surface area (Å²) in [6.07, 6.45) is 9.47. The molecule has 274 valence electrons. The second-order valence-electron chi connectivity index (χ2n) is 14.2. The highest BCUT2D eigenvalue weighted by molar-refractivity contribution is 5.97. The molecule has 0 radical (unpaired) electrons. The average molecular weight is 709 g/mol. The minimum absolute atomic E-state index is 0.0151. The monoisotopic (exact) mass is 708 g/mol. The standard InChI is InChI=1S/C37H48N12O3/c1-5-29-34-25(17-41-49(34)23-18-48(19-23)20-31-40-15-14-27(44-31)37(52)46(3)6-2)24-8-7-9-26(33(24)47(29)4)43-28(32(39)36(51)42-22-12-13-22)16-30(38)45-35(50)21-10-11-21/h7-9,14-17,21-23,29,43H,5-6,10-13,18-20,38-39H2,1-4H3,(H,42,51)(H,45,50)/b30-16+,32-28+. The second-order valence-corrected chi connectivity index (χ2v) is 14.2. The first-order chi connectivity index (χ1) is 25.1. The van der Waals surface area contributed by atoms with E-state index < -0.39 is 0 Å². The van der Waals surface area contributed by atoms with Gasteiger partial charge in [0.05, 0.1) is 47.6 Å². The number of amides is 3. The number of hydrogen-bond acceptors (Lipinski definition) is 11. The Bertz CT molecular complexity index is 1940. The van der Waals surface area contributed by atoms with Gasteiger partial charge < -0.3 is 37.2 Å². The highest BCUT2D eigenvalue weighted by atomic mass is 16.2. The van der Waals surface area contributed by atoms with Crippen LogP contribution in [0.15, 0.2) is 60.0 Å². The summed E-state index contributed by atoms with van der Waals surface area (Å²) in [5, 5.41) is 14.0. The van der Waals surface area contributed by atoms with Crippen LogP contribution in [-0.2, 0) is 16.1 Å². The number of carbonyl (C=O) groups is 3. The first kappa shape index (κ1) is 35.0. The van der Waals surface area contributed by atoms with Gasteiger partial charge in [-0.25, -0.2) is 9.97 Å². The summed E-state index contributed by atoms with van der Waals surface area (Å²) in [5.74, 6) is 0.0699. The SMILES string of the molecule is CCC1c2c(cnn2C2CN(Cc3nccc(C(=O)N(C)CC)n3)C2)-c2cccc(NC(/C=C(\N)NC(=O)C3CC3)=C(/N)C(=O)NC3CC3)c2N1C. The minimum Gasteiger partial charge on any atom is -0.393 e. The Labute approximate surface area is 303 Å². The van der Waals surface area contributed by atoms with E-state index in [0.29, 0.717) is 30.3 Å². The Kier molecular flexibility index (Phi) is 9.62. The van der Waals surface area contributed by atoms with Gasteiger partial charge in [-0.2, -0.15) is 5.10 Å². The maximum Gasteiger partial charge on any atom is 0.272 e. The fourth-order valence-corrected chi connectivity index (χ4v) is 6.93. The number of nitrogens with one attached hydrogen (secondary N) is 3. The van der Waals surface area contributed by atoms with Crippen molar-refractivity contribution in [2.45, 2.75) is 70.6 Å². The fraction of sp³-hybridized carbons (Fsp3) is 0.459. The quantitative estimate of drug-likeness (QED) is 0.130. The molecule has 0 bridgehead atoms. The van der Waals surface area contributed by atoms with Gasteiger partial charge in [-0.05, 0) is 51.2 Å². The van der Waals surface area contributed by atoms with Crippen molar-refractivity contribution < 1.29 is 14.4 Å². The third-order valence-electron chi connectivity index (χ3n) is 10.3. The lowest BCUT2D eigenvalue weighted by atomic mass is 9.91. The average Bonchev–Trinajstić information content (AvgIpc) is 4.07. The number of nitrogens with two attached hydrogens (primary N) is 2. The second kappa shape index (κ2) is 14.3. The number of carbonyl (C=O) groups excluding carboxylic acids is 3. The third kappa shape index (κ3) is 7.04. The van der Waals surface area contributed by atoms with Crippen LogP contribution >= 0.6 is 0 Å². The molecule has 15 heteroatoms. The summed E-state index contributed by atoms with van der Waals surface area (Å²) < 4.78 is 2.16. The van der Waals surface area contributed by atoms with Crippen molar-refractivity contribution in [3.05, 3.63) is 77.2 Å². The van der Waals surface area contributed by atoms with Crippen molar-refractivity contribution in [2.24, 2.45) is 17.4 Å². The molecule has 2 saturated carbocycles. The van der Waals surface area contributed by atoms with Gasteiger partial charge in [0.15, 0.2) is 0 Å². The zero-order chi connectivity index (χ0) is 36.7. The number of para-hydroxylation sites is 1. The van der Waals surface area contributed by atoms with E-state index in [9.17, 15) is 14.4 Å². The number of likely N-dealkylation sites (tertiary alicyclic amines) is 1. The Morgan fingerprint density at radius 3 is 2.52 bits per heavy atom. The van der Waals surface area contributed by atoms with E-state index in [0.717, 1.165) is 73.4 Å². The predicted molar refractivity (Wildman–Crippen MR) is 197 cm³/mol. The van der Waals surface area contributed by atoms with Gasteiger partial charge >= 0.3 is 0 Å². The first-order valence-corrected chi connectivity index (χ1v) is 18.1. The maximum absolute atomic E-state index is 13.1. The number of fused-ring (bicyclic) bond motifs is 3. The smallest absolute Gasteiger partial charge is 0.272 e. The molecular weight excluding hydrogens is 660 g/mol. The van der Waals surface area contributed by atoms with Crippen LogP contribution in [0.25, 0.3) is 11.1 Å². The van der Waals surface area contributed by atoms with E-state index in [-0.39, 0.29) is 53.3 Å². The van der Waals surface area contributed by atoms with Crippen LogP contribution in [0.3, 0.4) is 0 Å². The van der Waals surface area contributed by atoms with Crippen LogP contribution in [0, 0.1) is 5.92 Å². The lowest BCUT2D eigenvalue weighted by Gasteiger charge is -2.42. The van der Waals surface area contributed by atoms with E-state index in [1.165, 1.54) is 6.08 Å². The Balaban J connectivity index is 1.13. The van der Waals surface area contributed by atoms with Gasteiger partial charge in [0.2, 0.25) is 5.91 Å². The maximum atomic E-state index is 13.1. The molecule has 4 heterocycles. The first-order valence-electron chi connectivity index (χ1n) is 18.1. The predicted octanol–water partition coefficient (Wildman–Crippen LogP) is 2.58. The van der Waals surface area contributed by atoms with Crippen molar-refractivity contribution in [1.29, 1.82) is 0 Å². The van der Waals surface area contributed by atoms with Crippen LogP contribution in [0.5, 0.6) is 0 Å². The van der Waals surface area contributed by atoms with Gasteiger partial charge in [-0.3, -0.25) is 24.0 Å². The molecule has 2 aliphatic heterocycles. The molecule has 3 aromatic rings. The summed E-state index contributed by atoms with van der Waals surface area (Å²) in [4.78, 5) is 53.3. The van der Waals surface area contributed by atoms with E-state index in [4.69, 9.17) is 16.6 Å². The zero-order valence-electron chi connectivity index (χ0n) is 30.2. The number of benzene rings is 1. The molecule has 2 aromatic heterocycles. The van der Waals surface area contributed by atoms with Crippen LogP contribution in [0.1, 0.15) is 80.0 Å². The minimum atomic E-state index is -0.387. The molecule has 1 unspecified atom stereocenters. The van der Waals surface area contributed by atoms with Gasteiger partial charge in [-0.15, -0.1) is 0 Å². The lowest BCUT2D eigenvalue weighted by molar-refractivity contribution is -0.121. The molecule has 1 saturated heterocycles. The van der Waals surface area contributed by atoms with Gasteiger partial charge in [0.1, 0.15) is 23.0 Å². The molecule has 7 N–H and O–H groups in total. The van der Waals surface area contributed by atoms with Crippen LogP contribution in [0.2, 0.25) is 0 Å². The fourth-order valence-electron chi connectivity index (χ4n) is 6.93. The highest BCUT2D eigenvalue weighted by Crippen LogP contribution is 2.49. The molecule has 1 atom stereocenters. The van der Waals surface area contributed by atoms with E-state index >= 15 is 0 Å².